The quantitative estimate of drug-likeness (QED) is 0.392. The fourth-order valence-electron chi connectivity index (χ4n) is 1.59. The lowest BCUT2D eigenvalue weighted by Gasteiger charge is -2.15. The minimum absolute atomic E-state index is 0.0344. The minimum Gasteiger partial charge on any atom is -0.453 e. The van der Waals surface area contributed by atoms with Crippen molar-refractivity contribution in [2.24, 2.45) is 0 Å². The van der Waals surface area contributed by atoms with Crippen LogP contribution in [0, 0.1) is 0 Å². The summed E-state index contributed by atoms with van der Waals surface area (Å²) in [4.78, 5) is 0. The Morgan fingerprint density at radius 2 is 1.29 bits per heavy atom. The van der Waals surface area contributed by atoms with Crippen LogP contribution >= 0.6 is 69.6 Å². The highest BCUT2D eigenvalue weighted by molar-refractivity contribution is 7.93. The Labute approximate surface area is 168 Å². The molecule has 0 heterocycles. The maximum absolute atomic E-state index is 11.7. The second kappa shape index (κ2) is 7.96. The number of ether oxygens (including phenoxy) is 1. The van der Waals surface area contributed by atoms with Gasteiger partial charge < -0.3 is 4.74 Å². The maximum Gasteiger partial charge on any atom is 0.246 e. The van der Waals surface area contributed by atoms with Gasteiger partial charge in [0.1, 0.15) is 11.0 Å². The van der Waals surface area contributed by atoms with E-state index >= 15 is 0 Å². The molecule has 0 aromatic heterocycles. The van der Waals surface area contributed by atoms with Crippen LogP contribution in [0.4, 0.5) is 5.69 Å². The van der Waals surface area contributed by atoms with E-state index in [-0.39, 0.29) is 42.3 Å². The summed E-state index contributed by atoms with van der Waals surface area (Å²) < 4.78 is 31.2. The van der Waals surface area contributed by atoms with E-state index in [1.54, 1.807) is 0 Å². The van der Waals surface area contributed by atoms with Gasteiger partial charge in [-0.2, -0.15) is 0 Å². The number of nitrogens with one attached hydrogen (secondary N) is 1. The van der Waals surface area contributed by atoms with Crippen LogP contribution < -0.4 is 9.46 Å². The molecule has 0 fully saturated rings. The summed E-state index contributed by atoms with van der Waals surface area (Å²) in [5.41, 5.74) is 0.0344. The number of rotatable bonds is 5. The standard InChI is InChI=1S/C13H7Cl6NO3S/c14-5-24(21,22)20-11-2-7(16)9(18)4-13(11)23-12-3-8(17)6(15)1-10(12)19/h1-4,20H,5H2. The van der Waals surface area contributed by atoms with Gasteiger partial charge in [0.25, 0.3) is 0 Å². The highest BCUT2D eigenvalue weighted by Crippen LogP contribution is 2.41. The number of hydrogen-bond acceptors (Lipinski definition) is 3. The Bertz CT molecular complexity index is 888. The Hall–Kier alpha value is -0.270. The number of alkyl halides is 1. The van der Waals surface area contributed by atoms with Crippen LogP contribution in [0.2, 0.25) is 25.1 Å². The van der Waals surface area contributed by atoms with E-state index in [1.807, 2.05) is 0 Å². The van der Waals surface area contributed by atoms with Crippen LogP contribution in [0.25, 0.3) is 0 Å². The molecule has 4 nitrogen and oxygen atoms in total. The van der Waals surface area contributed by atoms with Crippen molar-refractivity contribution in [3.63, 3.8) is 0 Å². The van der Waals surface area contributed by atoms with E-state index in [1.165, 1.54) is 24.3 Å². The molecule has 0 spiro atoms. The van der Waals surface area contributed by atoms with Gasteiger partial charge in [-0.05, 0) is 12.1 Å². The Morgan fingerprint density at radius 3 is 1.88 bits per heavy atom. The normalized spacial score (nSPS) is 11.4. The molecule has 0 unspecified atom stereocenters. The van der Waals surface area contributed by atoms with Crippen LogP contribution in [0.3, 0.4) is 0 Å². The first-order valence-corrected chi connectivity index (χ1v) is 10.1. The molecule has 24 heavy (non-hydrogen) atoms. The van der Waals surface area contributed by atoms with Gasteiger partial charge in [-0.15, -0.1) is 11.6 Å². The summed E-state index contributed by atoms with van der Waals surface area (Å²) >= 11 is 35.1. The van der Waals surface area contributed by atoms with Gasteiger partial charge in [-0.25, -0.2) is 8.42 Å². The van der Waals surface area contributed by atoms with Crippen molar-refractivity contribution in [2.75, 3.05) is 9.93 Å². The summed E-state index contributed by atoms with van der Waals surface area (Å²) in [5.74, 6) is 0.203. The Kier molecular flexibility index (Phi) is 6.65. The van der Waals surface area contributed by atoms with Crippen LogP contribution in [0.5, 0.6) is 11.5 Å². The number of benzene rings is 2. The fraction of sp³-hybridized carbons (Fsp3) is 0.0769. The molecular weight excluding hydrogens is 463 g/mol. The predicted octanol–water partition coefficient (Wildman–Crippen LogP) is 6.68. The fourth-order valence-corrected chi connectivity index (χ4v) is 3.19. The maximum atomic E-state index is 11.7. The van der Waals surface area contributed by atoms with Gasteiger partial charge in [0, 0.05) is 12.1 Å². The van der Waals surface area contributed by atoms with E-state index in [0.29, 0.717) is 0 Å². The van der Waals surface area contributed by atoms with Crippen LogP contribution in [0.1, 0.15) is 0 Å². The summed E-state index contributed by atoms with van der Waals surface area (Å²) in [6, 6.07) is 5.39. The zero-order chi connectivity index (χ0) is 18.1. The molecule has 130 valence electrons. The van der Waals surface area contributed by atoms with E-state index in [4.69, 9.17) is 74.3 Å². The average molecular weight is 470 g/mol. The molecule has 0 aliphatic heterocycles. The topological polar surface area (TPSA) is 55.4 Å². The first-order valence-electron chi connectivity index (χ1n) is 6.01. The summed E-state index contributed by atoms with van der Waals surface area (Å²) in [7, 11) is -3.79. The van der Waals surface area contributed by atoms with Crippen molar-refractivity contribution in [1.29, 1.82) is 0 Å². The number of halogens is 6. The zero-order valence-corrected chi connectivity index (χ0v) is 16.8. The summed E-state index contributed by atoms with van der Waals surface area (Å²) in [5, 5.41) is 0.236. The van der Waals surface area contributed by atoms with Crippen molar-refractivity contribution in [1.82, 2.24) is 0 Å². The van der Waals surface area contributed by atoms with Gasteiger partial charge in [-0.1, -0.05) is 58.0 Å². The lowest BCUT2D eigenvalue weighted by molar-refractivity contribution is 0.485. The highest BCUT2D eigenvalue weighted by atomic mass is 35.5. The van der Waals surface area contributed by atoms with Crippen LogP contribution in [0.15, 0.2) is 24.3 Å². The number of sulfonamides is 1. The van der Waals surface area contributed by atoms with Gasteiger partial charge in [0.15, 0.2) is 5.75 Å². The lowest BCUT2D eigenvalue weighted by Crippen LogP contribution is -2.14. The third kappa shape index (κ3) is 4.88. The molecule has 0 atom stereocenters. The molecule has 2 rings (SSSR count). The summed E-state index contributed by atoms with van der Waals surface area (Å²) in [6.45, 7) is 0. The van der Waals surface area contributed by atoms with Crippen molar-refractivity contribution >= 4 is 85.3 Å². The van der Waals surface area contributed by atoms with Crippen molar-refractivity contribution < 1.29 is 13.2 Å². The van der Waals surface area contributed by atoms with E-state index < -0.39 is 15.2 Å². The van der Waals surface area contributed by atoms with Crippen molar-refractivity contribution in [2.45, 2.75) is 0 Å². The third-order valence-corrected chi connectivity index (χ3v) is 6.05. The van der Waals surface area contributed by atoms with Gasteiger partial charge in [0.05, 0.1) is 30.8 Å². The van der Waals surface area contributed by atoms with Crippen molar-refractivity contribution in [3.05, 3.63) is 49.4 Å². The lowest BCUT2D eigenvalue weighted by atomic mass is 10.3. The average Bonchev–Trinajstić information content (AvgIpc) is 2.49. The van der Waals surface area contributed by atoms with Crippen LogP contribution in [-0.2, 0) is 10.0 Å². The van der Waals surface area contributed by atoms with E-state index in [2.05, 4.69) is 4.72 Å². The second-order valence-electron chi connectivity index (χ2n) is 4.39. The first-order chi connectivity index (χ1) is 11.1. The Balaban J connectivity index is 2.50. The molecule has 0 aliphatic carbocycles. The summed E-state index contributed by atoms with van der Waals surface area (Å²) in [6.07, 6.45) is 0. The van der Waals surface area contributed by atoms with E-state index in [0.717, 1.165) is 0 Å². The molecular formula is C13H7Cl6NO3S. The van der Waals surface area contributed by atoms with Gasteiger partial charge in [-0.3, -0.25) is 4.72 Å². The molecule has 0 saturated carbocycles. The van der Waals surface area contributed by atoms with Gasteiger partial charge in [0.2, 0.25) is 10.0 Å². The molecule has 0 amide bonds. The molecule has 0 aliphatic rings. The molecule has 0 saturated heterocycles. The molecule has 1 N–H and O–H groups in total. The molecule has 11 heteroatoms. The number of hydrogen-bond donors (Lipinski definition) is 1. The van der Waals surface area contributed by atoms with Crippen LogP contribution in [-0.4, -0.2) is 13.6 Å². The molecule has 0 bridgehead atoms. The van der Waals surface area contributed by atoms with Gasteiger partial charge >= 0.3 is 0 Å². The Morgan fingerprint density at radius 1 is 0.792 bits per heavy atom. The second-order valence-corrected chi connectivity index (χ2v) is 8.73. The highest BCUT2D eigenvalue weighted by Gasteiger charge is 2.17. The van der Waals surface area contributed by atoms with Crippen molar-refractivity contribution in [3.8, 4) is 11.5 Å². The SMILES string of the molecule is O=S(=O)(CCl)Nc1cc(Cl)c(Cl)cc1Oc1cc(Cl)c(Cl)cc1Cl. The molecule has 2 aromatic rings. The van der Waals surface area contributed by atoms with E-state index in [9.17, 15) is 8.42 Å². The predicted molar refractivity (Wildman–Crippen MR) is 101 cm³/mol. The molecule has 0 radical (unpaired) electrons. The molecule has 2 aromatic carbocycles. The third-order valence-electron chi connectivity index (χ3n) is 2.63. The smallest absolute Gasteiger partial charge is 0.246 e. The first kappa shape index (κ1) is 20.0. The zero-order valence-electron chi connectivity index (χ0n) is 11.4. The monoisotopic (exact) mass is 467 g/mol. The number of anilines is 1. The largest absolute Gasteiger partial charge is 0.453 e. The minimum atomic E-state index is -3.79.